The minimum atomic E-state index is -0.115. The Balaban J connectivity index is 1.70. The van der Waals surface area contributed by atoms with Crippen molar-refractivity contribution in [1.82, 2.24) is 9.80 Å². The fourth-order valence-corrected chi connectivity index (χ4v) is 2.49. The number of nitrogens with zero attached hydrogens (tertiary/aromatic N) is 2. The highest BCUT2D eigenvalue weighted by atomic mass is 16.2. The number of nitrogens with two attached hydrogens (primary N) is 1. The summed E-state index contributed by atoms with van der Waals surface area (Å²) in [6.07, 6.45) is 2.21. The SMILES string of the molecule is Nc1cccc(C(=O)N2CCN(C3CC3)C(=O)C2)c1. The maximum atomic E-state index is 12.3. The molecule has 0 atom stereocenters. The van der Waals surface area contributed by atoms with E-state index in [-0.39, 0.29) is 18.4 Å². The average molecular weight is 259 g/mol. The van der Waals surface area contributed by atoms with Gasteiger partial charge in [0.05, 0.1) is 0 Å². The third kappa shape index (κ3) is 2.41. The number of amides is 2. The van der Waals surface area contributed by atoms with Crippen molar-refractivity contribution < 1.29 is 9.59 Å². The van der Waals surface area contributed by atoms with Crippen LogP contribution in [0.5, 0.6) is 0 Å². The average Bonchev–Trinajstić information content (AvgIpc) is 3.22. The van der Waals surface area contributed by atoms with Crippen LogP contribution in [0.25, 0.3) is 0 Å². The Morgan fingerprint density at radius 3 is 2.68 bits per heavy atom. The van der Waals surface area contributed by atoms with Crippen LogP contribution in [0.1, 0.15) is 23.2 Å². The predicted molar refractivity (Wildman–Crippen MR) is 71.5 cm³/mol. The molecule has 0 bridgehead atoms. The van der Waals surface area contributed by atoms with Crippen molar-refractivity contribution >= 4 is 17.5 Å². The zero-order valence-corrected chi connectivity index (χ0v) is 10.7. The Hall–Kier alpha value is -2.04. The molecular formula is C14H17N3O2. The first-order valence-corrected chi connectivity index (χ1v) is 6.59. The van der Waals surface area contributed by atoms with Gasteiger partial charge in [0, 0.05) is 30.4 Å². The monoisotopic (exact) mass is 259 g/mol. The minimum Gasteiger partial charge on any atom is -0.399 e. The van der Waals surface area contributed by atoms with Crippen molar-refractivity contribution in [1.29, 1.82) is 0 Å². The van der Waals surface area contributed by atoms with Crippen LogP contribution in [-0.2, 0) is 4.79 Å². The Bertz CT molecular complexity index is 525. The quantitative estimate of drug-likeness (QED) is 0.796. The summed E-state index contributed by atoms with van der Waals surface area (Å²) in [6.45, 7) is 1.44. The van der Waals surface area contributed by atoms with Gasteiger partial charge >= 0.3 is 0 Å². The second-order valence-electron chi connectivity index (χ2n) is 5.17. The maximum Gasteiger partial charge on any atom is 0.254 e. The number of anilines is 1. The molecule has 2 amide bonds. The van der Waals surface area contributed by atoms with Gasteiger partial charge in [-0.1, -0.05) is 6.07 Å². The van der Waals surface area contributed by atoms with Crippen LogP contribution in [0.4, 0.5) is 5.69 Å². The standard InChI is InChI=1S/C14H17N3O2/c15-11-3-1-2-10(8-11)14(19)16-6-7-17(12-4-5-12)13(18)9-16/h1-3,8,12H,4-7,9,15H2. The topological polar surface area (TPSA) is 66.6 Å². The molecule has 1 aliphatic heterocycles. The van der Waals surface area contributed by atoms with Crippen molar-refractivity contribution in [3.05, 3.63) is 29.8 Å². The number of hydrogen-bond acceptors (Lipinski definition) is 3. The molecule has 5 heteroatoms. The molecule has 1 saturated heterocycles. The van der Waals surface area contributed by atoms with Crippen molar-refractivity contribution in [2.24, 2.45) is 0 Å². The van der Waals surface area contributed by atoms with Crippen LogP contribution in [0.3, 0.4) is 0 Å². The summed E-state index contributed by atoms with van der Waals surface area (Å²) in [5.74, 6) is -0.0536. The highest BCUT2D eigenvalue weighted by Crippen LogP contribution is 2.28. The molecule has 0 radical (unpaired) electrons. The van der Waals surface area contributed by atoms with E-state index in [1.807, 2.05) is 4.90 Å². The molecule has 19 heavy (non-hydrogen) atoms. The van der Waals surface area contributed by atoms with Crippen molar-refractivity contribution in [2.45, 2.75) is 18.9 Å². The lowest BCUT2D eigenvalue weighted by atomic mass is 10.1. The van der Waals surface area contributed by atoms with Crippen molar-refractivity contribution in [2.75, 3.05) is 25.4 Å². The number of rotatable bonds is 2. The fourth-order valence-electron chi connectivity index (χ4n) is 2.49. The third-order valence-electron chi connectivity index (χ3n) is 3.67. The molecule has 3 rings (SSSR count). The second kappa shape index (κ2) is 4.57. The number of carbonyl (C=O) groups is 2. The normalized spacial score (nSPS) is 19.7. The largest absolute Gasteiger partial charge is 0.399 e. The molecule has 1 saturated carbocycles. The number of benzene rings is 1. The summed E-state index contributed by atoms with van der Waals surface area (Å²) in [4.78, 5) is 27.8. The predicted octanol–water partition coefficient (Wildman–Crippen LogP) is 0.716. The van der Waals surface area contributed by atoms with E-state index < -0.39 is 0 Å². The summed E-state index contributed by atoms with van der Waals surface area (Å²) in [5.41, 5.74) is 6.79. The molecule has 2 aliphatic rings. The first kappa shape index (κ1) is 12.0. The number of carbonyl (C=O) groups excluding carboxylic acids is 2. The van der Waals surface area contributed by atoms with Crippen LogP contribution in [0.15, 0.2) is 24.3 Å². The highest BCUT2D eigenvalue weighted by Gasteiger charge is 2.36. The Labute approximate surface area is 112 Å². The van der Waals surface area contributed by atoms with Gasteiger partial charge in [0.1, 0.15) is 6.54 Å². The van der Waals surface area contributed by atoms with Crippen LogP contribution >= 0.6 is 0 Å². The summed E-state index contributed by atoms with van der Waals surface area (Å²) in [5, 5.41) is 0. The highest BCUT2D eigenvalue weighted by molar-refractivity contribution is 5.97. The Kier molecular flexibility index (Phi) is 2.89. The molecule has 1 aromatic carbocycles. The zero-order valence-electron chi connectivity index (χ0n) is 10.7. The maximum absolute atomic E-state index is 12.3. The molecule has 0 spiro atoms. The molecule has 1 heterocycles. The van der Waals surface area contributed by atoms with Crippen LogP contribution in [-0.4, -0.2) is 47.3 Å². The van der Waals surface area contributed by atoms with Gasteiger partial charge in [-0.15, -0.1) is 0 Å². The van der Waals surface area contributed by atoms with E-state index >= 15 is 0 Å². The molecular weight excluding hydrogens is 242 g/mol. The number of nitrogen functional groups attached to an aromatic ring is 1. The lowest BCUT2D eigenvalue weighted by Gasteiger charge is -2.34. The summed E-state index contributed by atoms with van der Waals surface area (Å²) < 4.78 is 0. The third-order valence-corrected chi connectivity index (χ3v) is 3.67. The van der Waals surface area contributed by atoms with Crippen molar-refractivity contribution in [3.8, 4) is 0 Å². The smallest absolute Gasteiger partial charge is 0.254 e. The van der Waals surface area contributed by atoms with E-state index in [9.17, 15) is 9.59 Å². The molecule has 0 aromatic heterocycles. The molecule has 1 aromatic rings. The van der Waals surface area contributed by atoms with Gasteiger partial charge in [-0.3, -0.25) is 9.59 Å². The summed E-state index contributed by atoms with van der Waals surface area (Å²) in [6, 6.07) is 7.31. The molecule has 100 valence electrons. The van der Waals surface area contributed by atoms with Gasteiger partial charge in [-0.2, -0.15) is 0 Å². The number of hydrogen-bond donors (Lipinski definition) is 1. The Morgan fingerprint density at radius 2 is 2.05 bits per heavy atom. The fraction of sp³-hybridized carbons (Fsp3) is 0.429. The summed E-state index contributed by atoms with van der Waals surface area (Å²) >= 11 is 0. The van der Waals surface area contributed by atoms with E-state index in [0.717, 1.165) is 12.8 Å². The first-order valence-electron chi connectivity index (χ1n) is 6.59. The number of piperazine rings is 1. The van der Waals surface area contributed by atoms with Gasteiger partial charge in [0.2, 0.25) is 5.91 Å². The molecule has 5 nitrogen and oxygen atoms in total. The van der Waals surface area contributed by atoms with Gasteiger partial charge < -0.3 is 15.5 Å². The first-order chi connectivity index (χ1) is 9.15. The van der Waals surface area contributed by atoms with Gasteiger partial charge in [-0.05, 0) is 31.0 Å². The lowest BCUT2D eigenvalue weighted by molar-refractivity contribution is -0.135. The van der Waals surface area contributed by atoms with E-state index in [2.05, 4.69) is 0 Å². The zero-order chi connectivity index (χ0) is 13.4. The van der Waals surface area contributed by atoms with Crippen LogP contribution in [0, 0.1) is 0 Å². The van der Waals surface area contributed by atoms with E-state index in [1.54, 1.807) is 29.2 Å². The molecule has 2 N–H and O–H groups in total. The second-order valence-corrected chi connectivity index (χ2v) is 5.17. The molecule has 2 fully saturated rings. The van der Waals surface area contributed by atoms with E-state index in [4.69, 9.17) is 5.73 Å². The van der Waals surface area contributed by atoms with Crippen molar-refractivity contribution in [3.63, 3.8) is 0 Å². The van der Waals surface area contributed by atoms with Gasteiger partial charge in [0.15, 0.2) is 0 Å². The van der Waals surface area contributed by atoms with Crippen LogP contribution < -0.4 is 5.73 Å². The minimum absolute atomic E-state index is 0.0611. The van der Waals surface area contributed by atoms with E-state index in [0.29, 0.717) is 30.4 Å². The van der Waals surface area contributed by atoms with Gasteiger partial charge in [-0.25, -0.2) is 0 Å². The molecule has 1 aliphatic carbocycles. The Morgan fingerprint density at radius 1 is 1.26 bits per heavy atom. The van der Waals surface area contributed by atoms with E-state index in [1.165, 1.54) is 0 Å². The van der Waals surface area contributed by atoms with Gasteiger partial charge in [0.25, 0.3) is 5.91 Å². The molecule has 0 unspecified atom stereocenters. The summed E-state index contributed by atoms with van der Waals surface area (Å²) in [7, 11) is 0. The van der Waals surface area contributed by atoms with Crippen LogP contribution in [0.2, 0.25) is 0 Å². The lowest BCUT2D eigenvalue weighted by Crippen LogP contribution is -2.52.